The van der Waals surface area contributed by atoms with E-state index in [1.165, 1.54) is 9.75 Å². The molecule has 19 heavy (non-hydrogen) atoms. The monoisotopic (exact) mass is 304 g/mol. The molecule has 0 bridgehead atoms. The van der Waals surface area contributed by atoms with Gasteiger partial charge < -0.3 is 10.6 Å². The van der Waals surface area contributed by atoms with Crippen LogP contribution in [-0.2, 0) is 11.3 Å². The fourth-order valence-electron chi connectivity index (χ4n) is 1.86. The van der Waals surface area contributed by atoms with Gasteiger partial charge in [-0.05, 0) is 38.4 Å². The van der Waals surface area contributed by atoms with Gasteiger partial charge in [0.05, 0.1) is 6.54 Å². The summed E-state index contributed by atoms with van der Waals surface area (Å²) in [6.45, 7) is 3.58. The number of halogens is 1. The number of carbonyl (C=O) groups excluding carboxylic acids is 1. The number of rotatable bonds is 8. The molecule has 0 saturated carbocycles. The van der Waals surface area contributed by atoms with Crippen LogP contribution in [0.3, 0.4) is 0 Å². The van der Waals surface area contributed by atoms with Gasteiger partial charge in [0, 0.05) is 23.2 Å². The minimum atomic E-state index is 0. The van der Waals surface area contributed by atoms with Gasteiger partial charge in [0.1, 0.15) is 0 Å². The summed E-state index contributed by atoms with van der Waals surface area (Å²) in [5.74, 6) is 0.244. The first-order valence-corrected chi connectivity index (χ1v) is 7.44. The SMILES string of the molecule is Cc1ccc(CN(C)C(=O)CCCCCCN)s1.Cl. The Bertz CT molecular complexity index is 368. The van der Waals surface area contributed by atoms with Crippen LogP contribution in [0.4, 0.5) is 0 Å². The Labute approximate surface area is 126 Å². The maximum Gasteiger partial charge on any atom is 0.222 e. The van der Waals surface area contributed by atoms with Crippen molar-refractivity contribution in [3.63, 3.8) is 0 Å². The maximum atomic E-state index is 11.9. The third-order valence-electron chi connectivity index (χ3n) is 2.96. The molecule has 0 radical (unpaired) electrons. The smallest absolute Gasteiger partial charge is 0.222 e. The van der Waals surface area contributed by atoms with E-state index in [1.807, 2.05) is 11.9 Å². The van der Waals surface area contributed by atoms with E-state index in [2.05, 4.69) is 19.1 Å². The Hall–Kier alpha value is -0.580. The summed E-state index contributed by atoms with van der Waals surface area (Å²) >= 11 is 1.76. The lowest BCUT2D eigenvalue weighted by molar-refractivity contribution is -0.130. The van der Waals surface area contributed by atoms with Crippen molar-refractivity contribution in [3.05, 3.63) is 21.9 Å². The van der Waals surface area contributed by atoms with E-state index in [1.54, 1.807) is 11.3 Å². The quantitative estimate of drug-likeness (QED) is 0.749. The molecular weight excluding hydrogens is 280 g/mol. The molecule has 0 unspecified atom stereocenters. The number of unbranched alkanes of at least 4 members (excludes halogenated alkanes) is 3. The second-order valence-electron chi connectivity index (χ2n) is 4.72. The fourth-order valence-corrected chi connectivity index (χ4v) is 2.80. The molecule has 3 nitrogen and oxygen atoms in total. The molecule has 1 aromatic heterocycles. The van der Waals surface area contributed by atoms with E-state index >= 15 is 0 Å². The highest BCUT2D eigenvalue weighted by molar-refractivity contribution is 7.11. The van der Waals surface area contributed by atoms with Crippen LogP contribution in [0.2, 0.25) is 0 Å². The zero-order valence-corrected chi connectivity index (χ0v) is 13.5. The Morgan fingerprint density at radius 1 is 1.26 bits per heavy atom. The first-order chi connectivity index (χ1) is 8.63. The highest BCUT2D eigenvalue weighted by Crippen LogP contribution is 2.17. The molecule has 1 amide bonds. The number of aryl methyl sites for hydroxylation is 1. The lowest BCUT2D eigenvalue weighted by atomic mass is 10.1. The van der Waals surface area contributed by atoms with Crippen LogP contribution in [0.1, 0.15) is 41.9 Å². The van der Waals surface area contributed by atoms with E-state index in [4.69, 9.17) is 5.73 Å². The number of hydrogen-bond acceptors (Lipinski definition) is 3. The normalized spacial score (nSPS) is 10.1. The minimum absolute atomic E-state index is 0. The average Bonchev–Trinajstić information content (AvgIpc) is 2.74. The second-order valence-corrected chi connectivity index (χ2v) is 6.09. The van der Waals surface area contributed by atoms with E-state index in [-0.39, 0.29) is 18.3 Å². The Morgan fingerprint density at radius 2 is 1.95 bits per heavy atom. The van der Waals surface area contributed by atoms with Gasteiger partial charge in [-0.3, -0.25) is 4.79 Å². The lowest BCUT2D eigenvalue weighted by Gasteiger charge is -2.16. The first-order valence-electron chi connectivity index (χ1n) is 6.63. The summed E-state index contributed by atoms with van der Waals surface area (Å²) in [6, 6.07) is 4.20. The largest absolute Gasteiger partial charge is 0.341 e. The van der Waals surface area contributed by atoms with Crippen LogP contribution < -0.4 is 5.73 Å². The highest BCUT2D eigenvalue weighted by Gasteiger charge is 2.09. The van der Waals surface area contributed by atoms with Crippen LogP contribution in [-0.4, -0.2) is 24.4 Å². The molecule has 2 N–H and O–H groups in total. The predicted molar refractivity (Wildman–Crippen MR) is 84.9 cm³/mol. The van der Waals surface area contributed by atoms with Gasteiger partial charge in [-0.15, -0.1) is 23.7 Å². The van der Waals surface area contributed by atoms with E-state index < -0.39 is 0 Å². The fraction of sp³-hybridized carbons (Fsp3) is 0.643. The number of carbonyl (C=O) groups is 1. The number of hydrogen-bond donors (Lipinski definition) is 1. The average molecular weight is 305 g/mol. The van der Waals surface area contributed by atoms with Gasteiger partial charge in [-0.2, -0.15) is 0 Å². The summed E-state index contributed by atoms with van der Waals surface area (Å²) in [5, 5.41) is 0. The number of nitrogens with zero attached hydrogens (tertiary/aromatic N) is 1. The van der Waals surface area contributed by atoms with Crippen molar-refractivity contribution in [2.24, 2.45) is 5.73 Å². The van der Waals surface area contributed by atoms with Gasteiger partial charge in [-0.25, -0.2) is 0 Å². The second kappa shape index (κ2) is 10.2. The predicted octanol–water partition coefficient (Wildman–Crippen LogP) is 3.35. The van der Waals surface area contributed by atoms with Gasteiger partial charge in [0.25, 0.3) is 0 Å². The van der Waals surface area contributed by atoms with Crippen LogP contribution in [0.5, 0.6) is 0 Å². The van der Waals surface area contributed by atoms with E-state index in [0.717, 1.165) is 38.8 Å². The van der Waals surface area contributed by atoms with E-state index in [9.17, 15) is 4.79 Å². The summed E-state index contributed by atoms with van der Waals surface area (Å²) in [4.78, 5) is 16.3. The molecule has 0 aliphatic heterocycles. The number of thiophene rings is 1. The van der Waals surface area contributed by atoms with Crippen molar-refractivity contribution < 1.29 is 4.79 Å². The molecule has 0 aliphatic rings. The molecule has 0 aliphatic carbocycles. The van der Waals surface area contributed by atoms with Gasteiger partial charge in [0.15, 0.2) is 0 Å². The molecule has 5 heteroatoms. The number of nitrogens with two attached hydrogens (primary N) is 1. The van der Waals surface area contributed by atoms with Crippen molar-refractivity contribution in [1.29, 1.82) is 0 Å². The first kappa shape index (κ1) is 18.4. The van der Waals surface area contributed by atoms with Crippen molar-refractivity contribution in [1.82, 2.24) is 4.90 Å². The molecule has 1 aromatic rings. The maximum absolute atomic E-state index is 11.9. The lowest BCUT2D eigenvalue weighted by Crippen LogP contribution is -2.25. The molecule has 0 aromatic carbocycles. The summed E-state index contributed by atoms with van der Waals surface area (Å²) in [7, 11) is 1.89. The zero-order valence-electron chi connectivity index (χ0n) is 11.9. The molecule has 0 fully saturated rings. The van der Waals surface area contributed by atoms with Gasteiger partial charge >= 0.3 is 0 Å². The standard InChI is InChI=1S/C14H24N2OS.ClH/c1-12-8-9-13(18-12)11-16(2)14(17)7-5-3-4-6-10-15;/h8-9H,3-7,10-11,15H2,1-2H3;1H. The van der Waals surface area contributed by atoms with Gasteiger partial charge in [-0.1, -0.05) is 12.8 Å². The highest BCUT2D eigenvalue weighted by atomic mass is 35.5. The third-order valence-corrected chi connectivity index (χ3v) is 3.94. The molecule has 0 saturated heterocycles. The molecule has 1 heterocycles. The molecule has 0 atom stereocenters. The minimum Gasteiger partial charge on any atom is -0.341 e. The van der Waals surface area contributed by atoms with Crippen molar-refractivity contribution in [2.75, 3.05) is 13.6 Å². The van der Waals surface area contributed by atoms with Gasteiger partial charge in [0.2, 0.25) is 5.91 Å². The van der Waals surface area contributed by atoms with Crippen LogP contribution in [0.15, 0.2) is 12.1 Å². The van der Waals surface area contributed by atoms with Crippen molar-refractivity contribution >= 4 is 29.7 Å². The molecule has 1 rings (SSSR count). The Morgan fingerprint density at radius 3 is 2.53 bits per heavy atom. The summed E-state index contributed by atoms with van der Waals surface area (Å²) < 4.78 is 0. The Kier molecular flexibility index (Phi) is 9.92. The topological polar surface area (TPSA) is 46.3 Å². The van der Waals surface area contributed by atoms with Crippen LogP contribution in [0, 0.1) is 6.92 Å². The Balaban J connectivity index is 0.00000324. The van der Waals surface area contributed by atoms with Crippen LogP contribution in [0.25, 0.3) is 0 Å². The zero-order chi connectivity index (χ0) is 13.4. The summed E-state index contributed by atoms with van der Waals surface area (Å²) in [6.07, 6.45) is 4.95. The third kappa shape index (κ3) is 7.55. The number of amides is 1. The van der Waals surface area contributed by atoms with E-state index in [0.29, 0.717) is 6.42 Å². The molecule has 0 spiro atoms. The molecular formula is C14H25ClN2OS. The van der Waals surface area contributed by atoms with Crippen molar-refractivity contribution in [3.8, 4) is 0 Å². The van der Waals surface area contributed by atoms with Crippen molar-refractivity contribution in [2.45, 2.75) is 45.6 Å². The summed E-state index contributed by atoms with van der Waals surface area (Å²) in [5.41, 5.74) is 5.43. The molecule has 110 valence electrons. The van der Waals surface area contributed by atoms with Crippen LogP contribution >= 0.6 is 23.7 Å².